The molecule has 0 radical (unpaired) electrons. The Morgan fingerprint density at radius 1 is 0.870 bits per heavy atom. The first-order valence-electron chi connectivity index (χ1n) is 9.08. The lowest BCUT2D eigenvalue weighted by Crippen LogP contribution is -2.40. The van der Waals surface area contributed by atoms with E-state index in [9.17, 15) is 19.1 Å². The van der Waals surface area contributed by atoms with E-state index in [-0.39, 0.29) is 19.4 Å². The molecule has 0 fully saturated rings. The smallest absolute Gasteiger partial charge is 0.342 e. The summed E-state index contributed by atoms with van der Waals surface area (Å²) in [5, 5.41) is -1.65. The normalized spacial score (nSPS) is 14.5. The molecule has 0 saturated carbocycles. The minimum absolute atomic E-state index is 0.144. The van der Waals surface area contributed by atoms with Crippen LogP contribution in [0.3, 0.4) is 0 Å². The van der Waals surface area contributed by atoms with Crippen molar-refractivity contribution in [3.63, 3.8) is 0 Å². The summed E-state index contributed by atoms with van der Waals surface area (Å²) in [6.45, 7) is 6.01. The predicted molar refractivity (Wildman–Crippen MR) is 93.5 cm³/mol. The third-order valence-corrected chi connectivity index (χ3v) is 6.10. The molecule has 0 aromatic carbocycles. The summed E-state index contributed by atoms with van der Waals surface area (Å²) in [5.74, 6) is -0.722. The summed E-state index contributed by atoms with van der Waals surface area (Å²) in [6.07, 6.45) is 8.80. The Bertz CT molecular complexity index is 366. The average Bonchev–Trinajstić information content (AvgIpc) is 2.48. The van der Waals surface area contributed by atoms with Crippen LogP contribution in [-0.2, 0) is 14.1 Å². The molecule has 0 aromatic rings. The van der Waals surface area contributed by atoms with Crippen molar-refractivity contribution in [3.8, 4) is 0 Å². The van der Waals surface area contributed by atoms with Gasteiger partial charge in [0.25, 0.3) is 0 Å². The lowest BCUT2D eigenvalue weighted by Gasteiger charge is -2.32. The molecule has 0 aliphatic carbocycles. The Balaban J connectivity index is 5.00. The van der Waals surface area contributed by atoms with Gasteiger partial charge in [0.2, 0.25) is 0 Å². The molecule has 0 aliphatic rings. The van der Waals surface area contributed by atoms with Crippen molar-refractivity contribution in [2.45, 2.75) is 96.6 Å². The molecule has 0 aromatic heterocycles. The number of ether oxygens (including phenoxy) is 1. The maximum Gasteiger partial charge on any atom is 0.342 e. The molecule has 0 bridgehead atoms. The number of unbranched alkanes of at least 4 members (excludes halogenated alkanes) is 7. The van der Waals surface area contributed by atoms with Gasteiger partial charge in [0, 0.05) is 0 Å². The summed E-state index contributed by atoms with van der Waals surface area (Å²) in [4.78, 5) is 32.2. The van der Waals surface area contributed by atoms with E-state index in [0.29, 0.717) is 12.8 Å². The van der Waals surface area contributed by atoms with Gasteiger partial charge in [0.15, 0.2) is 5.16 Å². The van der Waals surface area contributed by atoms with Gasteiger partial charge in [-0.25, -0.2) is 0 Å². The molecule has 1 atom stereocenters. The fourth-order valence-electron chi connectivity index (χ4n) is 2.87. The van der Waals surface area contributed by atoms with E-state index >= 15 is 0 Å². The molecular formula is C17H35O5P. The highest BCUT2D eigenvalue weighted by Gasteiger charge is 2.53. The molecule has 0 rings (SSSR count). The number of hydrogen-bond donors (Lipinski definition) is 2. The molecule has 5 nitrogen and oxygen atoms in total. The van der Waals surface area contributed by atoms with E-state index in [1.54, 1.807) is 6.92 Å². The van der Waals surface area contributed by atoms with E-state index in [1.165, 1.54) is 0 Å². The minimum Gasteiger partial charge on any atom is -0.465 e. The predicted octanol–water partition coefficient (Wildman–Crippen LogP) is 4.80. The van der Waals surface area contributed by atoms with Crippen LogP contribution in [0.5, 0.6) is 0 Å². The standard InChI is InChI=1S/C17H35O5P/c1-4-7-9-11-13-15-17(23(19,20)21,16(18)22-6-3)14-12-10-8-5-2/h4-15H2,1-3H3,(H2,19,20,21). The topological polar surface area (TPSA) is 83.8 Å². The van der Waals surface area contributed by atoms with Crippen LogP contribution in [-0.4, -0.2) is 27.5 Å². The monoisotopic (exact) mass is 350 g/mol. The van der Waals surface area contributed by atoms with Crippen LogP contribution in [0.2, 0.25) is 0 Å². The third-order valence-electron chi connectivity index (χ3n) is 4.35. The van der Waals surface area contributed by atoms with Gasteiger partial charge in [-0.3, -0.25) is 9.36 Å². The fourth-order valence-corrected chi connectivity index (χ4v) is 4.07. The maximum absolute atomic E-state index is 12.4. The fraction of sp³-hybridized carbons (Fsp3) is 0.941. The molecule has 0 spiro atoms. The number of esters is 1. The largest absolute Gasteiger partial charge is 0.465 e. The minimum atomic E-state index is -4.57. The second-order valence-corrected chi connectivity index (χ2v) is 8.22. The number of carbonyl (C=O) groups excluding carboxylic acids is 1. The highest BCUT2D eigenvalue weighted by atomic mass is 31.2. The first kappa shape index (κ1) is 22.6. The van der Waals surface area contributed by atoms with Crippen LogP contribution in [0.4, 0.5) is 0 Å². The second kappa shape index (κ2) is 12.0. The Hall–Kier alpha value is -0.380. The van der Waals surface area contributed by atoms with Gasteiger partial charge in [-0.1, -0.05) is 71.6 Å². The summed E-state index contributed by atoms with van der Waals surface area (Å²) >= 11 is 0. The van der Waals surface area contributed by atoms with E-state index in [0.717, 1.165) is 44.9 Å². The van der Waals surface area contributed by atoms with Gasteiger partial charge in [-0.2, -0.15) is 0 Å². The van der Waals surface area contributed by atoms with Crippen molar-refractivity contribution >= 4 is 13.6 Å². The first-order chi connectivity index (χ1) is 10.9. The molecule has 2 N–H and O–H groups in total. The van der Waals surface area contributed by atoms with Gasteiger partial charge < -0.3 is 14.5 Å². The molecule has 6 heteroatoms. The van der Waals surface area contributed by atoms with Crippen LogP contribution in [0.1, 0.15) is 91.4 Å². The van der Waals surface area contributed by atoms with Crippen LogP contribution in [0, 0.1) is 0 Å². The van der Waals surface area contributed by atoms with Crippen LogP contribution < -0.4 is 0 Å². The molecule has 138 valence electrons. The second-order valence-electron chi connectivity index (χ2n) is 6.27. The lowest BCUT2D eigenvalue weighted by atomic mass is 9.93. The number of carbonyl (C=O) groups is 1. The van der Waals surface area contributed by atoms with Gasteiger partial charge in [0.1, 0.15) is 0 Å². The van der Waals surface area contributed by atoms with Crippen molar-refractivity contribution in [1.82, 2.24) is 0 Å². The molecule has 1 unspecified atom stereocenters. The molecule has 0 aliphatic heterocycles. The van der Waals surface area contributed by atoms with Gasteiger partial charge in [-0.05, 0) is 19.8 Å². The SMILES string of the molecule is CCCCCCCC(CCCCCC)(C(=O)OCC)P(=O)(O)O. The first-order valence-corrected chi connectivity index (χ1v) is 10.7. The molecule has 0 amide bonds. The van der Waals surface area contributed by atoms with E-state index in [4.69, 9.17) is 4.74 Å². The molecule has 0 saturated heterocycles. The highest BCUT2D eigenvalue weighted by molar-refractivity contribution is 7.54. The van der Waals surface area contributed by atoms with E-state index < -0.39 is 18.7 Å². The van der Waals surface area contributed by atoms with Gasteiger partial charge >= 0.3 is 13.6 Å². The molecule has 0 heterocycles. The lowest BCUT2D eigenvalue weighted by molar-refractivity contribution is -0.147. The van der Waals surface area contributed by atoms with Gasteiger partial charge in [-0.15, -0.1) is 0 Å². The van der Waals surface area contributed by atoms with E-state index in [2.05, 4.69) is 13.8 Å². The summed E-state index contributed by atoms with van der Waals surface area (Å²) in [7, 11) is -4.57. The van der Waals surface area contributed by atoms with Crippen molar-refractivity contribution in [1.29, 1.82) is 0 Å². The third kappa shape index (κ3) is 7.82. The van der Waals surface area contributed by atoms with Crippen LogP contribution >= 0.6 is 7.60 Å². The maximum atomic E-state index is 12.4. The van der Waals surface area contributed by atoms with E-state index in [1.807, 2.05) is 0 Å². The molecule has 23 heavy (non-hydrogen) atoms. The molecular weight excluding hydrogens is 315 g/mol. The zero-order chi connectivity index (χ0) is 17.8. The highest BCUT2D eigenvalue weighted by Crippen LogP contribution is 2.56. The van der Waals surface area contributed by atoms with Crippen molar-refractivity contribution in [3.05, 3.63) is 0 Å². The van der Waals surface area contributed by atoms with Crippen molar-refractivity contribution in [2.75, 3.05) is 6.61 Å². The summed E-state index contributed by atoms with van der Waals surface area (Å²) < 4.78 is 17.2. The number of rotatable bonds is 14. The zero-order valence-electron chi connectivity index (χ0n) is 15.1. The summed E-state index contributed by atoms with van der Waals surface area (Å²) in [6, 6.07) is 0. The van der Waals surface area contributed by atoms with Crippen molar-refractivity contribution < 1.29 is 23.9 Å². The Morgan fingerprint density at radius 3 is 1.70 bits per heavy atom. The number of hydrogen-bond acceptors (Lipinski definition) is 3. The quantitative estimate of drug-likeness (QED) is 0.267. The van der Waals surface area contributed by atoms with Crippen LogP contribution in [0.15, 0.2) is 0 Å². The van der Waals surface area contributed by atoms with Crippen molar-refractivity contribution in [2.24, 2.45) is 0 Å². The van der Waals surface area contributed by atoms with Gasteiger partial charge in [0.05, 0.1) is 6.61 Å². The zero-order valence-corrected chi connectivity index (χ0v) is 15.9. The summed E-state index contributed by atoms with van der Waals surface area (Å²) in [5.41, 5.74) is 0. The Kier molecular flexibility index (Phi) is 11.9. The van der Waals surface area contributed by atoms with Crippen LogP contribution in [0.25, 0.3) is 0 Å². The Labute approximate surface area is 141 Å². The Morgan fingerprint density at radius 2 is 1.30 bits per heavy atom. The average molecular weight is 350 g/mol.